The average Bonchev–Trinajstić information content (AvgIpc) is 2.39. The third-order valence-electron chi connectivity index (χ3n) is 2.65. The lowest BCUT2D eigenvalue weighted by Gasteiger charge is -2.24. The van der Waals surface area contributed by atoms with Gasteiger partial charge >= 0.3 is 0 Å². The van der Waals surface area contributed by atoms with Gasteiger partial charge in [0, 0.05) is 20.2 Å². The molecule has 0 saturated carbocycles. The van der Waals surface area contributed by atoms with Gasteiger partial charge in [0.15, 0.2) is 0 Å². The molecular formula is C13H18N2O2. The Balaban J connectivity index is 2.98. The van der Waals surface area contributed by atoms with Gasteiger partial charge in [0.25, 0.3) is 0 Å². The number of aliphatic hydroxyl groups is 1. The van der Waals surface area contributed by atoms with Crippen molar-refractivity contribution in [3.8, 4) is 6.07 Å². The van der Waals surface area contributed by atoms with Crippen LogP contribution in [0, 0.1) is 11.3 Å². The summed E-state index contributed by atoms with van der Waals surface area (Å²) in [6, 6.07) is 7.61. The van der Waals surface area contributed by atoms with Crippen molar-refractivity contribution in [3.63, 3.8) is 0 Å². The molecular weight excluding hydrogens is 216 g/mol. The van der Waals surface area contributed by atoms with Gasteiger partial charge in [-0.1, -0.05) is 6.07 Å². The molecule has 0 amide bonds. The number of nitriles is 1. The minimum absolute atomic E-state index is 0.0425. The predicted molar refractivity (Wildman–Crippen MR) is 66.8 cm³/mol. The van der Waals surface area contributed by atoms with E-state index < -0.39 is 0 Å². The van der Waals surface area contributed by atoms with Crippen molar-refractivity contribution in [1.29, 1.82) is 5.26 Å². The second-order valence-electron chi connectivity index (χ2n) is 3.69. The number of hydrogen-bond donors (Lipinski definition) is 1. The van der Waals surface area contributed by atoms with Gasteiger partial charge < -0.3 is 14.7 Å². The number of rotatable bonds is 6. The van der Waals surface area contributed by atoms with Crippen LogP contribution in [0.3, 0.4) is 0 Å². The van der Waals surface area contributed by atoms with Gasteiger partial charge in [0.05, 0.1) is 24.5 Å². The fraction of sp³-hybridized carbons (Fsp3) is 0.462. The molecule has 0 saturated heterocycles. The zero-order chi connectivity index (χ0) is 12.7. The van der Waals surface area contributed by atoms with Crippen molar-refractivity contribution >= 4 is 5.69 Å². The molecule has 0 aliphatic heterocycles. The van der Waals surface area contributed by atoms with Crippen molar-refractivity contribution in [2.75, 3.05) is 31.7 Å². The SMILES string of the molecule is CCN(CCOC)c1ccc(CO)cc1C#N. The highest BCUT2D eigenvalue weighted by atomic mass is 16.5. The highest BCUT2D eigenvalue weighted by Gasteiger charge is 2.10. The van der Waals surface area contributed by atoms with Crippen LogP contribution in [0.2, 0.25) is 0 Å². The third-order valence-corrected chi connectivity index (χ3v) is 2.65. The maximum absolute atomic E-state index is 9.12. The fourth-order valence-corrected chi connectivity index (χ4v) is 1.70. The summed E-state index contributed by atoms with van der Waals surface area (Å²) in [6.07, 6.45) is 0. The van der Waals surface area contributed by atoms with E-state index in [4.69, 9.17) is 15.1 Å². The molecule has 0 aliphatic carbocycles. The zero-order valence-electron chi connectivity index (χ0n) is 10.3. The van der Waals surface area contributed by atoms with Crippen LogP contribution in [0.1, 0.15) is 18.1 Å². The molecule has 0 aromatic heterocycles. The van der Waals surface area contributed by atoms with Crippen molar-refractivity contribution in [3.05, 3.63) is 29.3 Å². The Morgan fingerprint density at radius 1 is 1.47 bits per heavy atom. The lowest BCUT2D eigenvalue weighted by Crippen LogP contribution is -2.27. The van der Waals surface area contributed by atoms with Crippen LogP contribution < -0.4 is 4.90 Å². The van der Waals surface area contributed by atoms with Gasteiger partial charge in [-0.2, -0.15) is 5.26 Å². The summed E-state index contributed by atoms with van der Waals surface area (Å²) in [5.41, 5.74) is 2.24. The van der Waals surface area contributed by atoms with Crippen LogP contribution in [0.25, 0.3) is 0 Å². The molecule has 0 fully saturated rings. The van der Waals surface area contributed by atoms with E-state index in [0.717, 1.165) is 24.3 Å². The highest BCUT2D eigenvalue weighted by molar-refractivity contribution is 5.60. The normalized spacial score (nSPS) is 10.0. The molecule has 0 unspecified atom stereocenters. The van der Waals surface area contributed by atoms with Gasteiger partial charge in [-0.15, -0.1) is 0 Å². The Hall–Kier alpha value is -1.57. The van der Waals surface area contributed by atoms with Crippen LogP contribution in [-0.2, 0) is 11.3 Å². The van der Waals surface area contributed by atoms with Crippen LogP contribution >= 0.6 is 0 Å². The van der Waals surface area contributed by atoms with Gasteiger partial charge in [-0.25, -0.2) is 0 Å². The summed E-state index contributed by atoms with van der Waals surface area (Å²) >= 11 is 0. The van der Waals surface area contributed by atoms with E-state index in [2.05, 4.69) is 11.0 Å². The largest absolute Gasteiger partial charge is 0.392 e. The Morgan fingerprint density at radius 3 is 2.76 bits per heavy atom. The third kappa shape index (κ3) is 3.45. The molecule has 1 rings (SSSR count). The van der Waals surface area contributed by atoms with E-state index in [0.29, 0.717) is 12.2 Å². The lowest BCUT2D eigenvalue weighted by atomic mass is 10.1. The Morgan fingerprint density at radius 2 is 2.24 bits per heavy atom. The molecule has 4 nitrogen and oxygen atoms in total. The zero-order valence-corrected chi connectivity index (χ0v) is 10.3. The first-order chi connectivity index (χ1) is 8.26. The summed E-state index contributed by atoms with van der Waals surface area (Å²) in [5, 5.41) is 18.2. The van der Waals surface area contributed by atoms with E-state index in [-0.39, 0.29) is 6.61 Å². The van der Waals surface area contributed by atoms with E-state index in [9.17, 15) is 0 Å². The van der Waals surface area contributed by atoms with Crippen molar-refractivity contribution in [1.82, 2.24) is 0 Å². The van der Waals surface area contributed by atoms with Crippen LogP contribution in [0.5, 0.6) is 0 Å². The minimum Gasteiger partial charge on any atom is -0.392 e. The summed E-state index contributed by atoms with van der Waals surface area (Å²) in [4.78, 5) is 2.09. The topological polar surface area (TPSA) is 56.5 Å². The fourth-order valence-electron chi connectivity index (χ4n) is 1.70. The number of nitrogens with zero attached hydrogens (tertiary/aromatic N) is 2. The molecule has 92 valence electrons. The summed E-state index contributed by atoms with van der Waals surface area (Å²) < 4.78 is 5.05. The lowest BCUT2D eigenvalue weighted by molar-refractivity contribution is 0.205. The van der Waals surface area contributed by atoms with E-state index in [1.54, 1.807) is 13.2 Å². The van der Waals surface area contributed by atoms with Gasteiger partial charge in [-0.3, -0.25) is 0 Å². The summed E-state index contributed by atoms with van der Waals surface area (Å²) in [6.45, 7) is 4.19. The van der Waals surface area contributed by atoms with Crippen molar-refractivity contribution in [2.45, 2.75) is 13.5 Å². The van der Waals surface area contributed by atoms with Gasteiger partial charge in [0.1, 0.15) is 6.07 Å². The Labute approximate surface area is 102 Å². The summed E-state index contributed by atoms with van der Waals surface area (Å²) in [7, 11) is 1.66. The number of hydrogen-bond acceptors (Lipinski definition) is 4. The molecule has 4 heteroatoms. The molecule has 1 aromatic rings. The molecule has 0 heterocycles. The molecule has 17 heavy (non-hydrogen) atoms. The van der Waals surface area contributed by atoms with Gasteiger partial charge in [0.2, 0.25) is 0 Å². The van der Waals surface area contributed by atoms with Crippen molar-refractivity contribution < 1.29 is 9.84 Å². The van der Waals surface area contributed by atoms with Crippen LogP contribution in [-0.4, -0.2) is 31.9 Å². The second kappa shape index (κ2) is 6.89. The maximum Gasteiger partial charge on any atom is 0.101 e. The molecule has 0 bridgehead atoms. The molecule has 1 N–H and O–H groups in total. The molecule has 0 spiro atoms. The number of benzene rings is 1. The monoisotopic (exact) mass is 234 g/mol. The molecule has 0 aliphatic rings. The standard InChI is InChI=1S/C13H18N2O2/c1-3-15(6-7-17-2)13-5-4-11(10-16)8-12(13)9-14/h4-5,8,16H,3,6-7,10H2,1-2H3. The second-order valence-corrected chi connectivity index (χ2v) is 3.69. The van der Waals surface area contributed by atoms with E-state index in [1.165, 1.54) is 0 Å². The van der Waals surface area contributed by atoms with Crippen LogP contribution in [0.15, 0.2) is 18.2 Å². The predicted octanol–water partition coefficient (Wildman–Crippen LogP) is 1.52. The average molecular weight is 234 g/mol. The quantitative estimate of drug-likeness (QED) is 0.811. The molecule has 0 atom stereocenters. The molecule has 0 radical (unpaired) electrons. The number of anilines is 1. The smallest absolute Gasteiger partial charge is 0.101 e. The number of likely N-dealkylation sites (N-methyl/N-ethyl adjacent to an activating group) is 1. The summed E-state index contributed by atoms with van der Waals surface area (Å²) in [5.74, 6) is 0. The van der Waals surface area contributed by atoms with Crippen molar-refractivity contribution in [2.24, 2.45) is 0 Å². The van der Waals surface area contributed by atoms with E-state index in [1.807, 2.05) is 19.1 Å². The Bertz CT molecular complexity index is 399. The van der Waals surface area contributed by atoms with Crippen LogP contribution in [0.4, 0.5) is 5.69 Å². The first-order valence-electron chi connectivity index (χ1n) is 5.64. The van der Waals surface area contributed by atoms with E-state index >= 15 is 0 Å². The minimum atomic E-state index is -0.0425. The molecule has 1 aromatic carbocycles. The highest BCUT2D eigenvalue weighted by Crippen LogP contribution is 2.21. The first-order valence-corrected chi connectivity index (χ1v) is 5.64. The number of ether oxygens (including phenoxy) is 1. The number of aliphatic hydroxyl groups excluding tert-OH is 1. The maximum atomic E-state index is 9.12. The van der Waals surface area contributed by atoms with Gasteiger partial charge in [-0.05, 0) is 24.6 Å². The first kappa shape index (κ1) is 13.5. The Kier molecular flexibility index (Phi) is 5.47. The number of methoxy groups -OCH3 is 1.